The van der Waals surface area contributed by atoms with Crippen molar-refractivity contribution >= 4 is 44.9 Å². The van der Waals surface area contributed by atoms with Crippen molar-refractivity contribution in [3.63, 3.8) is 0 Å². The molecule has 0 saturated carbocycles. The number of nitrogens with zero attached hydrogens (tertiary/aromatic N) is 2. The van der Waals surface area contributed by atoms with E-state index in [4.69, 9.17) is 17.3 Å². The summed E-state index contributed by atoms with van der Waals surface area (Å²) >= 11 is 9.07. The van der Waals surface area contributed by atoms with E-state index in [2.05, 4.69) is 36.2 Å². The fourth-order valence-corrected chi connectivity index (χ4v) is 1.61. The van der Waals surface area contributed by atoms with Gasteiger partial charge >= 0.3 is 0 Å². The molecule has 8 heteroatoms. The summed E-state index contributed by atoms with van der Waals surface area (Å²) in [7, 11) is 0. The minimum Gasteiger partial charge on any atom is -0.379 e. The molecule has 2 rings (SSSR count). The number of hydrogen-bond acceptors (Lipinski definition) is 5. The van der Waals surface area contributed by atoms with E-state index in [9.17, 15) is 4.79 Å². The quantitative estimate of drug-likeness (QED) is 0.886. The molecule has 0 atom stereocenters. The smallest absolute Gasteiger partial charge is 0.281 e. The lowest BCUT2D eigenvalue weighted by atomic mass is 10.3. The molecule has 0 saturated heterocycles. The standard InChI is InChI=1S/C9H6BrClN4O2/c10-5-3-4(1-2-6(5)11)13-9(16)7-8(12)15-17-14-7/h1-3H,(H2,12,15)(H,13,16). The van der Waals surface area contributed by atoms with Crippen LogP contribution in [0.15, 0.2) is 27.3 Å². The lowest BCUT2D eigenvalue weighted by molar-refractivity contribution is 0.101. The van der Waals surface area contributed by atoms with Gasteiger partial charge in [-0.3, -0.25) is 4.79 Å². The van der Waals surface area contributed by atoms with Gasteiger partial charge in [0.2, 0.25) is 11.5 Å². The zero-order chi connectivity index (χ0) is 12.4. The van der Waals surface area contributed by atoms with Crippen molar-refractivity contribution in [2.75, 3.05) is 11.1 Å². The topological polar surface area (TPSA) is 94.0 Å². The molecule has 0 fully saturated rings. The maximum Gasteiger partial charge on any atom is 0.281 e. The van der Waals surface area contributed by atoms with Gasteiger partial charge in [-0.15, -0.1) is 0 Å². The summed E-state index contributed by atoms with van der Waals surface area (Å²) in [5.74, 6) is -0.562. The van der Waals surface area contributed by atoms with Gasteiger partial charge in [0.25, 0.3) is 5.91 Å². The van der Waals surface area contributed by atoms with E-state index >= 15 is 0 Å². The molecule has 88 valence electrons. The molecule has 0 radical (unpaired) electrons. The van der Waals surface area contributed by atoms with Crippen molar-refractivity contribution in [2.45, 2.75) is 0 Å². The summed E-state index contributed by atoms with van der Waals surface area (Å²) in [6.45, 7) is 0. The molecule has 1 aromatic heterocycles. The van der Waals surface area contributed by atoms with Gasteiger partial charge in [0, 0.05) is 10.2 Å². The number of hydrogen-bond donors (Lipinski definition) is 2. The van der Waals surface area contributed by atoms with Gasteiger partial charge in [-0.25, -0.2) is 4.63 Å². The van der Waals surface area contributed by atoms with Crippen LogP contribution in [-0.2, 0) is 0 Å². The number of aromatic nitrogens is 2. The highest BCUT2D eigenvalue weighted by Gasteiger charge is 2.16. The Balaban J connectivity index is 2.19. The highest BCUT2D eigenvalue weighted by Crippen LogP contribution is 2.25. The second-order valence-corrected chi connectivity index (χ2v) is 4.34. The Morgan fingerprint density at radius 3 is 2.82 bits per heavy atom. The molecule has 1 heterocycles. The Morgan fingerprint density at radius 1 is 1.47 bits per heavy atom. The van der Waals surface area contributed by atoms with Crippen molar-refractivity contribution in [3.8, 4) is 0 Å². The summed E-state index contributed by atoms with van der Waals surface area (Å²) in [5.41, 5.74) is 5.88. The molecule has 0 aliphatic carbocycles. The third-order valence-corrected chi connectivity index (χ3v) is 3.12. The monoisotopic (exact) mass is 316 g/mol. The fraction of sp³-hybridized carbons (Fsp3) is 0. The molecule has 3 N–H and O–H groups in total. The maximum absolute atomic E-state index is 11.7. The first-order chi connectivity index (χ1) is 8.08. The Hall–Kier alpha value is -1.60. The van der Waals surface area contributed by atoms with Crippen molar-refractivity contribution in [1.82, 2.24) is 10.3 Å². The van der Waals surface area contributed by atoms with Crippen LogP contribution in [0.25, 0.3) is 0 Å². The summed E-state index contributed by atoms with van der Waals surface area (Å²) in [6, 6.07) is 4.95. The molecule has 1 aromatic carbocycles. The normalized spacial score (nSPS) is 10.2. The molecule has 17 heavy (non-hydrogen) atoms. The highest BCUT2D eigenvalue weighted by molar-refractivity contribution is 9.10. The van der Waals surface area contributed by atoms with Crippen LogP contribution in [0.4, 0.5) is 11.5 Å². The van der Waals surface area contributed by atoms with E-state index in [1.807, 2.05) is 0 Å². The van der Waals surface area contributed by atoms with Gasteiger partial charge in [0.1, 0.15) is 0 Å². The van der Waals surface area contributed by atoms with Gasteiger partial charge in [-0.2, -0.15) is 0 Å². The van der Waals surface area contributed by atoms with Gasteiger partial charge in [-0.1, -0.05) is 11.6 Å². The lowest BCUT2D eigenvalue weighted by Crippen LogP contribution is -2.14. The van der Waals surface area contributed by atoms with E-state index in [1.54, 1.807) is 18.2 Å². The predicted molar refractivity (Wildman–Crippen MR) is 65.8 cm³/mol. The number of benzene rings is 1. The van der Waals surface area contributed by atoms with Crippen LogP contribution in [0.2, 0.25) is 5.02 Å². The largest absolute Gasteiger partial charge is 0.379 e. The van der Waals surface area contributed by atoms with Gasteiger partial charge in [-0.05, 0) is 44.4 Å². The molecule has 0 aliphatic heterocycles. The highest BCUT2D eigenvalue weighted by atomic mass is 79.9. The van der Waals surface area contributed by atoms with Crippen LogP contribution in [0, 0.1) is 0 Å². The Bertz CT molecular complexity index is 572. The molecule has 1 amide bonds. The summed E-state index contributed by atoms with van der Waals surface area (Å²) in [5, 5.41) is 9.83. The van der Waals surface area contributed by atoms with E-state index in [0.29, 0.717) is 15.2 Å². The van der Waals surface area contributed by atoms with E-state index in [0.717, 1.165) is 0 Å². The maximum atomic E-state index is 11.7. The van der Waals surface area contributed by atoms with Crippen molar-refractivity contribution < 1.29 is 9.42 Å². The average Bonchev–Trinajstić information content (AvgIpc) is 2.70. The van der Waals surface area contributed by atoms with Gasteiger partial charge in [0.15, 0.2) is 0 Å². The zero-order valence-corrected chi connectivity index (χ0v) is 10.6. The molecular weight excluding hydrogens is 311 g/mol. The van der Waals surface area contributed by atoms with E-state index in [-0.39, 0.29) is 11.5 Å². The first-order valence-electron chi connectivity index (χ1n) is 4.42. The van der Waals surface area contributed by atoms with Crippen LogP contribution >= 0.6 is 27.5 Å². The number of halogens is 2. The van der Waals surface area contributed by atoms with Crippen LogP contribution in [0.3, 0.4) is 0 Å². The number of nitrogens with two attached hydrogens (primary N) is 1. The number of nitrogens with one attached hydrogen (secondary N) is 1. The zero-order valence-electron chi connectivity index (χ0n) is 8.28. The van der Waals surface area contributed by atoms with Crippen molar-refractivity contribution in [3.05, 3.63) is 33.4 Å². The first kappa shape index (κ1) is 11.9. The average molecular weight is 318 g/mol. The Morgan fingerprint density at radius 2 is 2.24 bits per heavy atom. The number of carbonyl (C=O) groups is 1. The third kappa shape index (κ3) is 2.56. The minimum absolute atomic E-state index is 0.0592. The summed E-state index contributed by atoms with van der Waals surface area (Å²) < 4.78 is 5.00. The fourth-order valence-electron chi connectivity index (χ4n) is 1.12. The number of carbonyl (C=O) groups excluding carboxylic acids is 1. The predicted octanol–water partition coefficient (Wildman–Crippen LogP) is 2.32. The van der Waals surface area contributed by atoms with E-state index in [1.165, 1.54) is 0 Å². The Kier molecular flexibility index (Phi) is 3.30. The molecule has 0 aliphatic rings. The van der Waals surface area contributed by atoms with Crippen LogP contribution < -0.4 is 11.1 Å². The molecule has 6 nitrogen and oxygen atoms in total. The molecule has 2 aromatic rings. The third-order valence-electron chi connectivity index (χ3n) is 1.91. The van der Waals surface area contributed by atoms with Crippen molar-refractivity contribution in [2.24, 2.45) is 0 Å². The number of amides is 1. The molecule has 0 bridgehead atoms. The van der Waals surface area contributed by atoms with Crippen molar-refractivity contribution in [1.29, 1.82) is 0 Å². The molecule has 0 spiro atoms. The van der Waals surface area contributed by atoms with Gasteiger partial charge < -0.3 is 11.1 Å². The second kappa shape index (κ2) is 4.72. The Labute approximate surface area is 109 Å². The van der Waals surface area contributed by atoms with Crippen LogP contribution in [0.5, 0.6) is 0 Å². The second-order valence-electron chi connectivity index (χ2n) is 3.08. The number of nitrogen functional groups attached to an aromatic ring is 1. The SMILES string of the molecule is Nc1nonc1C(=O)Nc1ccc(Cl)c(Br)c1. The summed E-state index contributed by atoms with van der Waals surface area (Å²) in [6.07, 6.45) is 0. The van der Waals surface area contributed by atoms with E-state index < -0.39 is 5.91 Å². The minimum atomic E-state index is -0.502. The molecular formula is C9H6BrClN4O2. The van der Waals surface area contributed by atoms with Crippen LogP contribution in [0.1, 0.15) is 10.5 Å². The number of anilines is 2. The first-order valence-corrected chi connectivity index (χ1v) is 5.59. The summed E-state index contributed by atoms with van der Waals surface area (Å²) in [4.78, 5) is 11.7. The number of rotatable bonds is 2. The lowest BCUT2D eigenvalue weighted by Gasteiger charge is -2.04. The molecule has 0 unspecified atom stereocenters. The van der Waals surface area contributed by atoms with Crippen LogP contribution in [-0.4, -0.2) is 16.2 Å². The van der Waals surface area contributed by atoms with Gasteiger partial charge in [0.05, 0.1) is 5.02 Å².